The molecule has 1 unspecified atom stereocenters. The van der Waals surface area contributed by atoms with Gasteiger partial charge in [-0.1, -0.05) is 13.8 Å². The number of carbonyl (C=O) groups is 1. The van der Waals surface area contributed by atoms with Gasteiger partial charge in [0.05, 0.1) is 12.7 Å². The Kier molecular flexibility index (Phi) is 8.26. The molecule has 0 aliphatic rings. The van der Waals surface area contributed by atoms with Crippen LogP contribution in [0.1, 0.15) is 60.3 Å². The predicted octanol–water partition coefficient (Wildman–Crippen LogP) is 2.90. The lowest BCUT2D eigenvalue weighted by atomic mass is 9.95. The molecule has 0 aromatic heterocycles. The van der Waals surface area contributed by atoms with Crippen LogP contribution in [0.25, 0.3) is 0 Å². The molecule has 0 heterocycles. The van der Waals surface area contributed by atoms with Gasteiger partial charge in [0.1, 0.15) is 5.54 Å². The van der Waals surface area contributed by atoms with E-state index in [2.05, 4.69) is 26.1 Å². The Morgan fingerprint density at radius 2 is 1.79 bits per heavy atom. The van der Waals surface area contributed by atoms with E-state index < -0.39 is 5.54 Å². The normalized spacial score (nSPS) is 15.1. The topological polar surface area (TPSA) is 47.6 Å². The lowest BCUT2D eigenvalue weighted by Crippen LogP contribution is -2.50. The minimum atomic E-state index is -0.580. The third kappa shape index (κ3) is 6.92. The molecule has 0 fully saturated rings. The Morgan fingerprint density at radius 1 is 1.16 bits per heavy atom. The molecule has 19 heavy (non-hydrogen) atoms. The molecule has 0 aliphatic carbocycles. The number of nitrogens with one attached hydrogen (secondary N) is 1. The SMILES string of the molecule is CCNC(C)(CCCCOC(C)(C)CC)C(=O)OC. The third-order valence-corrected chi connectivity index (χ3v) is 3.62. The standard InChI is InChI=1S/C15H31NO3/c1-7-14(3,4)19-12-10-9-11-15(5,16-8-2)13(17)18-6/h16H,7-12H2,1-6H3. The van der Waals surface area contributed by atoms with E-state index in [1.807, 2.05) is 13.8 Å². The highest BCUT2D eigenvalue weighted by molar-refractivity contribution is 5.80. The second-order valence-electron chi connectivity index (χ2n) is 5.77. The van der Waals surface area contributed by atoms with Crippen molar-refractivity contribution in [1.29, 1.82) is 0 Å². The molecule has 4 heteroatoms. The van der Waals surface area contributed by atoms with Crippen LogP contribution in [0, 0.1) is 0 Å². The Balaban J connectivity index is 4.04. The first-order valence-electron chi connectivity index (χ1n) is 7.28. The van der Waals surface area contributed by atoms with E-state index in [9.17, 15) is 4.79 Å². The average molecular weight is 273 g/mol. The van der Waals surface area contributed by atoms with Crippen molar-refractivity contribution in [2.24, 2.45) is 0 Å². The van der Waals surface area contributed by atoms with Crippen molar-refractivity contribution in [2.45, 2.75) is 71.4 Å². The van der Waals surface area contributed by atoms with Crippen LogP contribution in [0.5, 0.6) is 0 Å². The highest BCUT2D eigenvalue weighted by Gasteiger charge is 2.32. The van der Waals surface area contributed by atoms with Gasteiger partial charge in [-0.05, 0) is 53.0 Å². The maximum atomic E-state index is 11.8. The second-order valence-corrected chi connectivity index (χ2v) is 5.77. The quantitative estimate of drug-likeness (QED) is 0.491. The number of rotatable bonds is 10. The Hall–Kier alpha value is -0.610. The summed E-state index contributed by atoms with van der Waals surface area (Å²) in [7, 11) is 1.44. The van der Waals surface area contributed by atoms with E-state index in [4.69, 9.17) is 9.47 Å². The first-order valence-corrected chi connectivity index (χ1v) is 7.28. The first kappa shape index (κ1) is 18.4. The zero-order valence-corrected chi connectivity index (χ0v) is 13.5. The summed E-state index contributed by atoms with van der Waals surface area (Å²) in [6.07, 6.45) is 3.67. The second kappa shape index (κ2) is 8.54. The fraction of sp³-hybridized carbons (Fsp3) is 0.933. The van der Waals surface area contributed by atoms with E-state index in [0.29, 0.717) is 0 Å². The summed E-state index contributed by atoms with van der Waals surface area (Å²) in [5.41, 5.74) is -0.628. The average Bonchev–Trinajstić information content (AvgIpc) is 2.37. The highest BCUT2D eigenvalue weighted by atomic mass is 16.5. The van der Waals surface area contributed by atoms with Gasteiger partial charge in [-0.15, -0.1) is 0 Å². The van der Waals surface area contributed by atoms with Gasteiger partial charge in [0.15, 0.2) is 0 Å². The first-order chi connectivity index (χ1) is 8.81. The molecule has 0 spiro atoms. The van der Waals surface area contributed by atoms with Crippen LogP contribution < -0.4 is 5.32 Å². The monoisotopic (exact) mass is 273 g/mol. The van der Waals surface area contributed by atoms with Crippen LogP contribution >= 0.6 is 0 Å². The maximum Gasteiger partial charge on any atom is 0.325 e. The summed E-state index contributed by atoms with van der Waals surface area (Å²) in [4.78, 5) is 11.8. The summed E-state index contributed by atoms with van der Waals surface area (Å²) in [5.74, 6) is -0.191. The molecule has 0 amide bonds. The summed E-state index contributed by atoms with van der Waals surface area (Å²) >= 11 is 0. The van der Waals surface area contributed by atoms with Crippen molar-refractivity contribution in [2.75, 3.05) is 20.3 Å². The van der Waals surface area contributed by atoms with Gasteiger partial charge in [-0.25, -0.2) is 0 Å². The summed E-state index contributed by atoms with van der Waals surface area (Å²) in [6, 6.07) is 0. The van der Waals surface area contributed by atoms with Crippen molar-refractivity contribution in [3.63, 3.8) is 0 Å². The summed E-state index contributed by atoms with van der Waals surface area (Å²) in [5, 5.41) is 3.21. The maximum absolute atomic E-state index is 11.8. The molecule has 1 N–H and O–H groups in total. The number of hydrogen-bond acceptors (Lipinski definition) is 4. The Labute approximate surface area is 118 Å². The summed E-state index contributed by atoms with van der Waals surface area (Å²) in [6.45, 7) is 11.7. The number of esters is 1. The number of ether oxygens (including phenoxy) is 2. The molecule has 0 aromatic rings. The van der Waals surface area contributed by atoms with E-state index in [1.165, 1.54) is 7.11 Å². The minimum absolute atomic E-state index is 0.0483. The molecule has 0 saturated heterocycles. The molecule has 4 nitrogen and oxygen atoms in total. The molecule has 1 atom stereocenters. The lowest BCUT2D eigenvalue weighted by Gasteiger charge is -2.28. The molecule has 0 aromatic carbocycles. The number of carbonyl (C=O) groups excluding carboxylic acids is 1. The highest BCUT2D eigenvalue weighted by Crippen LogP contribution is 2.18. The van der Waals surface area contributed by atoms with Crippen LogP contribution in [0.2, 0.25) is 0 Å². The molecule has 0 aliphatic heterocycles. The number of hydrogen-bond donors (Lipinski definition) is 1. The van der Waals surface area contributed by atoms with E-state index in [0.717, 1.165) is 38.8 Å². The molecule has 114 valence electrons. The van der Waals surface area contributed by atoms with Gasteiger partial charge in [0.2, 0.25) is 0 Å². The van der Waals surface area contributed by atoms with Crippen LogP contribution in [-0.2, 0) is 14.3 Å². The van der Waals surface area contributed by atoms with Gasteiger partial charge in [0.25, 0.3) is 0 Å². The number of unbranched alkanes of at least 4 members (excludes halogenated alkanes) is 1. The Morgan fingerprint density at radius 3 is 2.26 bits per heavy atom. The van der Waals surface area contributed by atoms with E-state index in [1.54, 1.807) is 0 Å². The molecule has 0 saturated carbocycles. The number of likely N-dealkylation sites (N-methyl/N-ethyl adjacent to an activating group) is 1. The van der Waals surface area contributed by atoms with Gasteiger partial charge >= 0.3 is 5.97 Å². The van der Waals surface area contributed by atoms with E-state index in [-0.39, 0.29) is 11.6 Å². The van der Waals surface area contributed by atoms with Crippen molar-refractivity contribution >= 4 is 5.97 Å². The van der Waals surface area contributed by atoms with Crippen molar-refractivity contribution in [1.82, 2.24) is 5.32 Å². The third-order valence-electron chi connectivity index (χ3n) is 3.62. The Bertz CT molecular complexity index is 266. The molecule has 0 rings (SSSR count). The van der Waals surface area contributed by atoms with Gasteiger partial charge < -0.3 is 14.8 Å². The zero-order chi connectivity index (χ0) is 14.9. The predicted molar refractivity (Wildman–Crippen MR) is 78.3 cm³/mol. The zero-order valence-electron chi connectivity index (χ0n) is 13.5. The lowest BCUT2D eigenvalue weighted by molar-refractivity contribution is -0.148. The molecular formula is C15H31NO3. The van der Waals surface area contributed by atoms with Crippen molar-refractivity contribution < 1.29 is 14.3 Å². The fourth-order valence-electron chi connectivity index (χ4n) is 1.91. The minimum Gasteiger partial charge on any atom is -0.468 e. The molecular weight excluding hydrogens is 242 g/mol. The van der Waals surface area contributed by atoms with E-state index >= 15 is 0 Å². The van der Waals surface area contributed by atoms with Crippen LogP contribution in [-0.4, -0.2) is 37.4 Å². The van der Waals surface area contributed by atoms with Crippen molar-refractivity contribution in [3.05, 3.63) is 0 Å². The van der Waals surface area contributed by atoms with Crippen LogP contribution in [0.3, 0.4) is 0 Å². The number of methoxy groups -OCH3 is 1. The smallest absolute Gasteiger partial charge is 0.325 e. The van der Waals surface area contributed by atoms with Gasteiger partial charge in [-0.3, -0.25) is 4.79 Å². The van der Waals surface area contributed by atoms with Gasteiger partial charge in [0, 0.05) is 6.61 Å². The van der Waals surface area contributed by atoms with Crippen LogP contribution in [0.15, 0.2) is 0 Å². The van der Waals surface area contributed by atoms with Crippen molar-refractivity contribution in [3.8, 4) is 0 Å². The largest absolute Gasteiger partial charge is 0.468 e. The van der Waals surface area contributed by atoms with Gasteiger partial charge in [-0.2, -0.15) is 0 Å². The molecule has 0 bridgehead atoms. The summed E-state index contributed by atoms with van der Waals surface area (Å²) < 4.78 is 10.7. The van der Waals surface area contributed by atoms with Crippen LogP contribution in [0.4, 0.5) is 0 Å². The fourth-order valence-corrected chi connectivity index (χ4v) is 1.91. The molecule has 0 radical (unpaired) electrons.